The zero-order valence-corrected chi connectivity index (χ0v) is 16.4. The molecule has 0 unspecified atom stereocenters. The third kappa shape index (κ3) is 3.50. The topological polar surface area (TPSA) is 56.3 Å². The first-order chi connectivity index (χ1) is 14.3. The Morgan fingerprint density at radius 3 is 2.13 bits per heavy atom. The number of pyridine rings is 1. The summed E-state index contributed by atoms with van der Waals surface area (Å²) in [6.45, 7) is 0. The maximum atomic E-state index is 14.0. The Morgan fingerprint density at radius 2 is 1.50 bits per heavy atom. The molecule has 0 saturated heterocycles. The van der Waals surface area contributed by atoms with Gasteiger partial charge in [-0.3, -0.25) is 4.98 Å². The molecule has 1 heterocycles. The SMILES string of the molecule is COc1ccc(-c2c(S(=O)(=O)c3cc(F)cc(F)c3)cnc3ccc(F)cc23)cc1. The number of hydrogen-bond donors (Lipinski definition) is 0. The van der Waals surface area contributed by atoms with Gasteiger partial charge in [0, 0.05) is 23.2 Å². The van der Waals surface area contributed by atoms with Crippen molar-refractivity contribution in [2.24, 2.45) is 0 Å². The predicted octanol–water partition coefficient (Wildman–Crippen LogP) is 5.16. The van der Waals surface area contributed by atoms with Crippen molar-refractivity contribution in [3.63, 3.8) is 0 Å². The van der Waals surface area contributed by atoms with E-state index >= 15 is 0 Å². The molecule has 0 aliphatic rings. The van der Waals surface area contributed by atoms with E-state index in [-0.39, 0.29) is 15.8 Å². The summed E-state index contributed by atoms with van der Waals surface area (Å²) in [7, 11) is -2.89. The summed E-state index contributed by atoms with van der Waals surface area (Å²) in [5, 5.41) is 0.248. The maximum Gasteiger partial charge on any atom is 0.208 e. The van der Waals surface area contributed by atoms with Crippen molar-refractivity contribution in [3.8, 4) is 16.9 Å². The lowest BCUT2D eigenvalue weighted by atomic mass is 10.0. The van der Waals surface area contributed by atoms with Gasteiger partial charge in [0.05, 0.1) is 22.4 Å². The van der Waals surface area contributed by atoms with Crippen molar-refractivity contribution in [1.82, 2.24) is 4.98 Å². The molecule has 0 bridgehead atoms. The summed E-state index contributed by atoms with van der Waals surface area (Å²) in [5.74, 6) is -2.09. The molecule has 152 valence electrons. The highest BCUT2D eigenvalue weighted by Crippen LogP contribution is 2.37. The fourth-order valence-electron chi connectivity index (χ4n) is 3.22. The summed E-state index contributed by atoms with van der Waals surface area (Å²) >= 11 is 0. The Labute approximate surface area is 170 Å². The fraction of sp³-hybridized carbons (Fsp3) is 0.0455. The van der Waals surface area contributed by atoms with Gasteiger partial charge in [-0.2, -0.15) is 0 Å². The van der Waals surface area contributed by atoms with Crippen molar-refractivity contribution >= 4 is 20.7 Å². The second kappa shape index (κ2) is 7.46. The Balaban J connectivity index is 2.06. The molecule has 4 aromatic rings. The monoisotopic (exact) mass is 429 g/mol. The minimum atomic E-state index is -4.38. The number of nitrogens with zero attached hydrogens (tertiary/aromatic N) is 1. The van der Waals surface area contributed by atoms with E-state index in [2.05, 4.69) is 4.98 Å². The van der Waals surface area contributed by atoms with Gasteiger partial charge < -0.3 is 4.74 Å². The largest absolute Gasteiger partial charge is 0.497 e. The van der Waals surface area contributed by atoms with Crippen LogP contribution in [-0.4, -0.2) is 20.5 Å². The lowest BCUT2D eigenvalue weighted by Gasteiger charge is -2.14. The molecule has 0 N–H and O–H groups in total. The number of benzene rings is 3. The molecule has 1 aromatic heterocycles. The minimum absolute atomic E-state index is 0.173. The summed E-state index contributed by atoms with van der Waals surface area (Å²) in [5.41, 5.74) is 0.989. The number of ether oxygens (including phenoxy) is 1. The van der Waals surface area contributed by atoms with Crippen molar-refractivity contribution in [2.75, 3.05) is 7.11 Å². The van der Waals surface area contributed by atoms with Crippen LogP contribution in [0.1, 0.15) is 0 Å². The lowest BCUT2D eigenvalue weighted by molar-refractivity contribution is 0.415. The fourth-order valence-corrected chi connectivity index (χ4v) is 4.69. The van der Waals surface area contributed by atoms with Crippen molar-refractivity contribution in [1.29, 1.82) is 0 Å². The van der Waals surface area contributed by atoms with E-state index in [1.165, 1.54) is 25.3 Å². The van der Waals surface area contributed by atoms with Gasteiger partial charge in [-0.15, -0.1) is 0 Å². The van der Waals surface area contributed by atoms with Crippen molar-refractivity contribution < 1.29 is 26.3 Å². The van der Waals surface area contributed by atoms with Gasteiger partial charge in [0.2, 0.25) is 9.84 Å². The van der Waals surface area contributed by atoms with Gasteiger partial charge in [0.15, 0.2) is 0 Å². The molecule has 8 heteroatoms. The first kappa shape index (κ1) is 19.9. The average Bonchev–Trinajstić information content (AvgIpc) is 2.72. The van der Waals surface area contributed by atoms with Gasteiger partial charge in [-0.05, 0) is 48.0 Å². The van der Waals surface area contributed by atoms with E-state index in [0.717, 1.165) is 18.3 Å². The van der Waals surface area contributed by atoms with Gasteiger partial charge in [-0.25, -0.2) is 21.6 Å². The van der Waals surface area contributed by atoms with E-state index in [1.54, 1.807) is 24.3 Å². The summed E-state index contributed by atoms with van der Waals surface area (Å²) < 4.78 is 73.1. The molecule has 0 amide bonds. The number of fused-ring (bicyclic) bond motifs is 1. The summed E-state index contributed by atoms with van der Waals surface area (Å²) in [4.78, 5) is 3.26. The zero-order chi connectivity index (χ0) is 21.5. The Bertz CT molecular complexity index is 1350. The number of methoxy groups -OCH3 is 1. The highest BCUT2D eigenvalue weighted by molar-refractivity contribution is 7.91. The van der Waals surface area contributed by atoms with Crippen LogP contribution < -0.4 is 4.74 Å². The van der Waals surface area contributed by atoms with Crippen LogP contribution >= 0.6 is 0 Å². The molecule has 0 spiro atoms. The molecule has 30 heavy (non-hydrogen) atoms. The standard InChI is InChI=1S/C22H14F3NO3S/c1-29-17-5-2-13(3-6-17)22-19-11-14(23)4-7-20(19)26-12-21(22)30(27,28)18-9-15(24)8-16(25)10-18/h2-12H,1H3. The maximum absolute atomic E-state index is 14.0. The van der Waals surface area contributed by atoms with E-state index < -0.39 is 32.2 Å². The normalized spacial score (nSPS) is 11.6. The van der Waals surface area contributed by atoms with E-state index in [0.29, 0.717) is 22.9 Å². The second-order valence-electron chi connectivity index (χ2n) is 6.50. The van der Waals surface area contributed by atoms with Crippen molar-refractivity contribution in [2.45, 2.75) is 9.79 Å². The van der Waals surface area contributed by atoms with Crippen LogP contribution in [-0.2, 0) is 9.84 Å². The van der Waals surface area contributed by atoms with Crippen LogP contribution in [0.4, 0.5) is 13.2 Å². The number of rotatable bonds is 4. The first-order valence-corrected chi connectivity index (χ1v) is 10.2. The molecule has 4 rings (SSSR count). The number of sulfone groups is 1. The Hall–Kier alpha value is -3.39. The third-order valence-electron chi connectivity index (χ3n) is 4.61. The molecule has 0 saturated carbocycles. The second-order valence-corrected chi connectivity index (χ2v) is 8.41. The average molecular weight is 429 g/mol. The van der Waals surface area contributed by atoms with E-state index in [9.17, 15) is 21.6 Å². The predicted molar refractivity (Wildman–Crippen MR) is 105 cm³/mol. The number of aromatic nitrogens is 1. The number of hydrogen-bond acceptors (Lipinski definition) is 4. The summed E-state index contributed by atoms with van der Waals surface area (Å²) in [6.07, 6.45) is 1.11. The van der Waals surface area contributed by atoms with Crippen LogP contribution in [0.25, 0.3) is 22.0 Å². The highest BCUT2D eigenvalue weighted by atomic mass is 32.2. The number of halogens is 3. The van der Waals surface area contributed by atoms with Crippen LogP contribution in [0.15, 0.2) is 76.7 Å². The van der Waals surface area contributed by atoms with Crippen LogP contribution in [0.2, 0.25) is 0 Å². The first-order valence-electron chi connectivity index (χ1n) is 8.73. The summed E-state index contributed by atoms with van der Waals surface area (Å²) in [6, 6.07) is 12.3. The van der Waals surface area contributed by atoms with Gasteiger partial charge >= 0.3 is 0 Å². The van der Waals surface area contributed by atoms with Gasteiger partial charge in [-0.1, -0.05) is 12.1 Å². The molecule has 0 atom stereocenters. The molecular weight excluding hydrogens is 415 g/mol. The molecule has 0 radical (unpaired) electrons. The Kier molecular flexibility index (Phi) is 4.95. The van der Waals surface area contributed by atoms with E-state index in [1.807, 2.05) is 0 Å². The van der Waals surface area contributed by atoms with Gasteiger partial charge in [0.25, 0.3) is 0 Å². The van der Waals surface area contributed by atoms with Gasteiger partial charge in [0.1, 0.15) is 23.2 Å². The Morgan fingerprint density at radius 1 is 0.833 bits per heavy atom. The third-order valence-corrected chi connectivity index (χ3v) is 6.35. The molecule has 4 nitrogen and oxygen atoms in total. The smallest absolute Gasteiger partial charge is 0.208 e. The van der Waals surface area contributed by atoms with E-state index in [4.69, 9.17) is 4.74 Å². The van der Waals surface area contributed by atoms with Crippen molar-refractivity contribution in [3.05, 3.63) is 84.3 Å². The quantitative estimate of drug-likeness (QED) is 0.450. The van der Waals surface area contributed by atoms with Crippen LogP contribution in [0, 0.1) is 17.5 Å². The molecular formula is C22H14F3NO3S. The molecule has 3 aromatic carbocycles. The van der Waals surface area contributed by atoms with Crippen LogP contribution in [0.3, 0.4) is 0 Å². The lowest BCUT2D eigenvalue weighted by Crippen LogP contribution is -2.07. The molecule has 0 aliphatic heterocycles. The van der Waals surface area contributed by atoms with Crippen LogP contribution in [0.5, 0.6) is 5.75 Å². The minimum Gasteiger partial charge on any atom is -0.497 e. The zero-order valence-electron chi connectivity index (χ0n) is 15.6. The molecule has 0 fully saturated rings. The highest BCUT2D eigenvalue weighted by Gasteiger charge is 2.26. The molecule has 0 aliphatic carbocycles.